The molecule has 340 valence electrons. The summed E-state index contributed by atoms with van der Waals surface area (Å²) in [5.74, 6) is -2.56. The fourth-order valence-corrected chi connectivity index (χ4v) is 9.10. The van der Waals surface area contributed by atoms with Crippen LogP contribution in [0.3, 0.4) is 0 Å². The molecule has 14 nitrogen and oxygen atoms in total. The van der Waals surface area contributed by atoms with Crippen molar-refractivity contribution < 1.29 is 52.4 Å². The van der Waals surface area contributed by atoms with E-state index < -0.39 is 67.1 Å². The third-order valence-electron chi connectivity index (χ3n) is 12.6. The molecule has 9 atom stereocenters. The van der Waals surface area contributed by atoms with E-state index in [1.165, 1.54) is 40.7 Å². The third-order valence-corrected chi connectivity index (χ3v) is 12.6. The Morgan fingerprint density at radius 1 is 0.667 bits per heavy atom. The summed E-state index contributed by atoms with van der Waals surface area (Å²) in [5.41, 5.74) is 2.64. The SMILES string of the molecule is C=C(C(=O)OCc1cn(C2OC(COC(=O)c3ccccc3)C(OC(=O)c3ccccc3)C(OC(=O)c3ccccc3)C2OC(=O)c2ccccc2)nn1)[C@@H]1CC[C@@H](C)[C@@H]2CCC(C)=C[C@@H]21. The molecular formula is C52H51N3O11. The number of fused-ring (bicyclic) bond motifs is 1. The van der Waals surface area contributed by atoms with Gasteiger partial charge in [-0.25, -0.2) is 28.7 Å². The Morgan fingerprint density at radius 2 is 1.18 bits per heavy atom. The summed E-state index contributed by atoms with van der Waals surface area (Å²) in [5, 5.41) is 8.58. The van der Waals surface area contributed by atoms with E-state index in [2.05, 4.69) is 36.8 Å². The number of hydrogen-bond donors (Lipinski definition) is 0. The van der Waals surface area contributed by atoms with Gasteiger partial charge in [0.15, 0.2) is 24.5 Å². The lowest BCUT2D eigenvalue weighted by atomic mass is 9.61. The maximum absolute atomic E-state index is 14.0. The van der Waals surface area contributed by atoms with Crippen LogP contribution >= 0.6 is 0 Å². The lowest BCUT2D eigenvalue weighted by Gasteiger charge is -2.44. The molecule has 1 aromatic heterocycles. The molecule has 0 radical (unpaired) electrons. The maximum atomic E-state index is 14.0. The quantitative estimate of drug-likeness (QED) is 0.0452. The van der Waals surface area contributed by atoms with Gasteiger partial charge in [-0.2, -0.15) is 0 Å². The molecule has 0 amide bonds. The Hall–Kier alpha value is -7.19. The summed E-state index contributed by atoms with van der Waals surface area (Å²) in [6.45, 7) is 7.81. The molecular weight excluding hydrogens is 843 g/mol. The standard InChI is InChI=1S/C52H51N3O11/c1-32-24-26-40-33(2)25-27-41(42(40)28-32)34(3)48(56)61-30-39-29-55(54-53-39)47-46(66-52(60)38-22-14-7-15-23-38)45(65-51(59)37-20-12-6-13-21-37)44(64-50(58)36-18-10-5-11-19-36)43(63-47)31-62-49(57)35-16-8-4-9-17-35/h4-23,28-29,33,40-47H,3,24-27,30-31H2,1-2H3/t33-,40+,41+,42+,43?,44?,45?,46?,47?/m1/s1. The minimum Gasteiger partial charge on any atom is -0.459 e. The van der Waals surface area contributed by atoms with Gasteiger partial charge in [0.1, 0.15) is 25.0 Å². The van der Waals surface area contributed by atoms with Crippen LogP contribution in [0.1, 0.15) is 92.9 Å². The first-order chi connectivity index (χ1) is 32.0. The van der Waals surface area contributed by atoms with Crippen molar-refractivity contribution in [2.24, 2.45) is 23.7 Å². The predicted molar refractivity (Wildman–Crippen MR) is 238 cm³/mol. The summed E-state index contributed by atoms with van der Waals surface area (Å²) in [4.78, 5) is 68.9. The molecule has 2 aliphatic carbocycles. The molecule has 5 unspecified atom stereocenters. The van der Waals surface area contributed by atoms with Crippen molar-refractivity contribution in [2.45, 2.75) is 76.8 Å². The average Bonchev–Trinajstić information content (AvgIpc) is 3.83. The molecule has 2 fully saturated rings. The fourth-order valence-electron chi connectivity index (χ4n) is 9.10. The van der Waals surface area contributed by atoms with Crippen LogP contribution in [0.5, 0.6) is 0 Å². The van der Waals surface area contributed by atoms with Crippen LogP contribution in [0, 0.1) is 23.7 Å². The molecule has 1 saturated heterocycles. The molecule has 4 aromatic carbocycles. The largest absolute Gasteiger partial charge is 0.459 e. The van der Waals surface area contributed by atoms with Crippen LogP contribution in [0.4, 0.5) is 0 Å². The van der Waals surface area contributed by atoms with E-state index >= 15 is 0 Å². The number of esters is 5. The van der Waals surface area contributed by atoms with Gasteiger partial charge in [0.2, 0.25) is 0 Å². The topological polar surface area (TPSA) is 171 Å². The van der Waals surface area contributed by atoms with Crippen LogP contribution in [0.2, 0.25) is 0 Å². The van der Waals surface area contributed by atoms with Gasteiger partial charge in [0, 0.05) is 5.57 Å². The van der Waals surface area contributed by atoms with E-state index in [-0.39, 0.29) is 46.4 Å². The molecule has 14 heteroatoms. The molecule has 0 spiro atoms. The Balaban J connectivity index is 1.12. The van der Waals surface area contributed by atoms with Gasteiger partial charge in [-0.1, -0.05) is 103 Å². The highest BCUT2D eigenvalue weighted by Gasteiger charge is 2.54. The summed E-state index contributed by atoms with van der Waals surface area (Å²) in [6.07, 6.45) is 0.171. The van der Waals surface area contributed by atoms with Crippen molar-refractivity contribution in [3.05, 3.63) is 179 Å². The minimum atomic E-state index is -1.61. The second-order valence-corrected chi connectivity index (χ2v) is 17.0. The lowest BCUT2D eigenvalue weighted by Crippen LogP contribution is -2.61. The molecule has 66 heavy (non-hydrogen) atoms. The fraction of sp³-hybridized carbons (Fsp3) is 0.327. The molecule has 3 aliphatic rings. The highest BCUT2D eigenvalue weighted by Crippen LogP contribution is 2.48. The van der Waals surface area contributed by atoms with Crippen LogP contribution in [-0.4, -0.2) is 75.9 Å². The molecule has 8 rings (SSSR count). The Bertz CT molecular complexity index is 2550. The monoisotopic (exact) mass is 893 g/mol. The van der Waals surface area contributed by atoms with Gasteiger partial charge in [0.05, 0.1) is 28.5 Å². The molecule has 1 aliphatic heterocycles. The zero-order valence-corrected chi connectivity index (χ0v) is 36.7. The number of carbonyl (C=O) groups is 5. The van der Waals surface area contributed by atoms with Gasteiger partial charge in [-0.15, -0.1) is 5.10 Å². The number of rotatable bonds is 14. The normalized spacial score (nSPS) is 24.6. The summed E-state index contributed by atoms with van der Waals surface area (Å²) < 4.78 is 37.9. The number of carbonyl (C=O) groups excluding carboxylic acids is 5. The molecule has 0 bridgehead atoms. The Kier molecular flexibility index (Phi) is 14.3. The molecule has 1 saturated carbocycles. The van der Waals surface area contributed by atoms with Gasteiger partial charge in [0.25, 0.3) is 0 Å². The van der Waals surface area contributed by atoms with Crippen molar-refractivity contribution in [3.63, 3.8) is 0 Å². The Morgan fingerprint density at radius 3 is 1.74 bits per heavy atom. The van der Waals surface area contributed by atoms with Crippen molar-refractivity contribution in [1.82, 2.24) is 15.0 Å². The molecule has 5 aromatic rings. The van der Waals surface area contributed by atoms with Crippen molar-refractivity contribution >= 4 is 29.8 Å². The first-order valence-corrected chi connectivity index (χ1v) is 22.1. The summed E-state index contributed by atoms with van der Waals surface area (Å²) >= 11 is 0. The summed E-state index contributed by atoms with van der Waals surface area (Å²) in [6, 6.07) is 32.6. The van der Waals surface area contributed by atoms with Crippen LogP contribution < -0.4 is 0 Å². The first kappa shape index (κ1) is 45.4. The van der Waals surface area contributed by atoms with Gasteiger partial charge < -0.3 is 28.4 Å². The van der Waals surface area contributed by atoms with Gasteiger partial charge in [-0.05, 0) is 105 Å². The third kappa shape index (κ3) is 10.5. The highest BCUT2D eigenvalue weighted by molar-refractivity contribution is 5.92. The maximum Gasteiger partial charge on any atom is 0.338 e. The number of hydrogen-bond acceptors (Lipinski definition) is 13. The highest BCUT2D eigenvalue weighted by atomic mass is 16.7. The predicted octanol–water partition coefficient (Wildman–Crippen LogP) is 8.33. The van der Waals surface area contributed by atoms with Crippen molar-refractivity contribution in [2.75, 3.05) is 6.61 Å². The lowest BCUT2D eigenvalue weighted by molar-refractivity contribution is -0.252. The van der Waals surface area contributed by atoms with Crippen LogP contribution in [0.25, 0.3) is 0 Å². The van der Waals surface area contributed by atoms with E-state index in [1.807, 2.05) is 0 Å². The molecule has 2 heterocycles. The van der Waals surface area contributed by atoms with Gasteiger partial charge >= 0.3 is 29.8 Å². The van der Waals surface area contributed by atoms with Crippen LogP contribution in [-0.2, 0) is 39.8 Å². The van der Waals surface area contributed by atoms with E-state index in [1.54, 1.807) is 97.1 Å². The number of benzene rings is 4. The van der Waals surface area contributed by atoms with E-state index in [0.29, 0.717) is 17.4 Å². The van der Waals surface area contributed by atoms with Crippen LogP contribution in [0.15, 0.2) is 151 Å². The zero-order valence-electron chi connectivity index (χ0n) is 36.7. The zero-order chi connectivity index (χ0) is 46.2. The average molecular weight is 894 g/mol. The smallest absolute Gasteiger partial charge is 0.338 e. The molecule has 0 N–H and O–H groups in total. The van der Waals surface area contributed by atoms with Crippen molar-refractivity contribution in [1.29, 1.82) is 0 Å². The summed E-state index contributed by atoms with van der Waals surface area (Å²) in [7, 11) is 0. The van der Waals surface area contributed by atoms with E-state index in [4.69, 9.17) is 28.4 Å². The Labute approximate surface area is 382 Å². The van der Waals surface area contributed by atoms with Crippen molar-refractivity contribution in [3.8, 4) is 0 Å². The minimum absolute atomic E-state index is 0.0484. The second kappa shape index (κ2) is 20.8. The van der Waals surface area contributed by atoms with E-state index in [9.17, 15) is 24.0 Å². The number of nitrogens with zero attached hydrogens (tertiary/aromatic N) is 3. The van der Waals surface area contributed by atoms with E-state index in [0.717, 1.165) is 25.7 Å². The first-order valence-electron chi connectivity index (χ1n) is 22.1. The second-order valence-electron chi connectivity index (χ2n) is 17.0. The number of aromatic nitrogens is 3. The number of allylic oxidation sites excluding steroid dienone is 2. The van der Waals surface area contributed by atoms with Gasteiger partial charge in [-0.3, -0.25) is 0 Å². The number of ether oxygens (including phenoxy) is 6.